The quantitative estimate of drug-likeness (QED) is 0.859. The van der Waals surface area contributed by atoms with Crippen molar-refractivity contribution < 1.29 is 8.42 Å². The smallest absolute Gasteiger partial charge is 0.209 e. The lowest BCUT2D eigenvalue weighted by Gasteiger charge is -2.28. The van der Waals surface area contributed by atoms with Gasteiger partial charge in [-0.05, 0) is 12.0 Å². The van der Waals surface area contributed by atoms with Crippen molar-refractivity contribution in [2.24, 2.45) is 0 Å². The highest BCUT2D eigenvalue weighted by Gasteiger charge is 2.38. The molecule has 0 saturated carbocycles. The van der Waals surface area contributed by atoms with Crippen LogP contribution in [0.1, 0.15) is 18.0 Å². The van der Waals surface area contributed by atoms with Gasteiger partial charge in [-0.15, -0.1) is 0 Å². The largest absolute Gasteiger partial charge is 0.303 e. The van der Waals surface area contributed by atoms with Gasteiger partial charge in [-0.1, -0.05) is 65.1 Å². The van der Waals surface area contributed by atoms with Crippen LogP contribution < -0.4 is 5.32 Å². The van der Waals surface area contributed by atoms with Crippen molar-refractivity contribution in [2.75, 3.05) is 11.5 Å². The molecule has 1 aromatic carbocycles. The molecule has 19 heavy (non-hydrogen) atoms. The molecular weight excluding hydrogens is 329 g/mol. The minimum absolute atomic E-state index is 0.0943. The monoisotopic (exact) mass is 341 g/mol. The Morgan fingerprint density at radius 3 is 2.32 bits per heavy atom. The predicted octanol–water partition coefficient (Wildman–Crippen LogP) is 2.87. The highest BCUT2D eigenvalue weighted by Crippen LogP contribution is 2.40. The van der Waals surface area contributed by atoms with E-state index in [0.29, 0.717) is 6.42 Å². The van der Waals surface area contributed by atoms with Crippen molar-refractivity contribution >= 4 is 44.6 Å². The number of hydrogen-bond donors (Lipinski definition) is 1. The fourth-order valence-electron chi connectivity index (χ4n) is 2.19. The Balaban J connectivity index is 2.17. The summed E-state index contributed by atoms with van der Waals surface area (Å²) in [5.41, 5.74) is 0.826. The van der Waals surface area contributed by atoms with E-state index in [1.807, 2.05) is 30.3 Å². The number of alkyl halides is 3. The second-order valence-electron chi connectivity index (χ2n) is 4.65. The fraction of sp³-hybridized carbons (Fsp3) is 0.500. The summed E-state index contributed by atoms with van der Waals surface area (Å²) in [6.45, 7) is 0. The molecule has 1 fully saturated rings. The van der Waals surface area contributed by atoms with E-state index in [2.05, 4.69) is 5.32 Å². The molecular formula is C12H14Cl3NO2S. The Morgan fingerprint density at radius 1 is 1.21 bits per heavy atom. The first kappa shape index (κ1) is 15.4. The normalized spacial score (nSPS) is 24.3. The third kappa shape index (κ3) is 4.23. The lowest BCUT2D eigenvalue weighted by Crippen LogP contribution is -2.40. The van der Waals surface area contributed by atoms with Crippen molar-refractivity contribution in [3.8, 4) is 0 Å². The Labute approximate surface area is 128 Å². The Kier molecular flexibility index (Phi) is 4.68. The maximum atomic E-state index is 11.5. The molecule has 1 heterocycles. The van der Waals surface area contributed by atoms with Gasteiger partial charge < -0.3 is 5.32 Å². The lowest BCUT2D eigenvalue weighted by molar-refractivity contribution is 0.464. The lowest BCUT2D eigenvalue weighted by atomic mass is 10.1. The summed E-state index contributed by atoms with van der Waals surface area (Å²) in [7, 11) is -2.96. The topological polar surface area (TPSA) is 46.2 Å². The third-order valence-corrected chi connectivity index (χ3v) is 5.52. The minimum Gasteiger partial charge on any atom is -0.303 e. The SMILES string of the molecule is O=S1(=O)CCC(NC(c2ccccc2)C(Cl)(Cl)Cl)C1. The number of halogens is 3. The van der Waals surface area contributed by atoms with Gasteiger partial charge in [0, 0.05) is 6.04 Å². The second-order valence-corrected chi connectivity index (χ2v) is 9.25. The number of nitrogens with one attached hydrogen (secondary N) is 1. The molecule has 1 aromatic rings. The van der Waals surface area contributed by atoms with Crippen LogP contribution in [-0.2, 0) is 9.84 Å². The molecule has 0 amide bonds. The van der Waals surface area contributed by atoms with Gasteiger partial charge in [-0.25, -0.2) is 8.42 Å². The number of sulfone groups is 1. The standard InChI is InChI=1S/C12H14Cl3NO2S/c13-12(14,15)11(9-4-2-1-3-5-9)16-10-6-7-19(17,18)8-10/h1-5,10-11,16H,6-8H2. The van der Waals surface area contributed by atoms with Crippen LogP contribution in [0.4, 0.5) is 0 Å². The van der Waals surface area contributed by atoms with E-state index in [9.17, 15) is 8.42 Å². The van der Waals surface area contributed by atoms with Gasteiger partial charge in [0.25, 0.3) is 0 Å². The molecule has 0 spiro atoms. The van der Waals surface area contributed by atoms with Crippen LogP contribution in [0.15, 0.2) is 30.3 Å². The van der Waals surface area contributed by atoms with Crippen LogP contribution in [0.25, 0.3) is 0 Å². The molecule has 2 unspecified atom stereocenters. The van der Waals surface area contributed by atoms with Gasteiger partial charge >= 0.3 is 0 Å². The highest BCUT2D eigenvalue weighted by atomic mass is 35.6. The zero-order valence-electron chi connectivity index (χ0n) is 10.0. The fourth-order valence-corrected chi connectivity index (χ4v) is 4.44. The molecule has 0 aliphatic carbocycles. The van der Waals surface area contributed by atoms with Crippen molar-refractivity contribution in [1.29, 1.82) is 0 Å². The molecule has 1 aliphatic rings. The van der Waals surface area contributed by atoms with E-state index in [1.54, 1.807) is 0 Å². The second kappa shape index (κ2) is 5.78. The Hall–Kier alpha value is -0.000000000000000111. The molecule has 0 radical (unpaired) electrons. The average molecular weight is 343 g/mol. The average Bonchev–Trinajstić information content (AvgIpc) is 2.65. The predicted molar refractivity (Wildman–Crippen MR) is 79.7 cm³/mol. The summed E-state index contributed by atoms with van der Waals surface area (Å²) in [6.07, 6.45) is 0.548. The first-order chi connectivity index (χ1) is 8.78. The van der Waals surface area contributed by atoms with E-state index in [4.69, 9.17) is 34.8 Å². The molecule has 0 aromatic heterocycles. The van der Waals surface area contributed by atoms with Gasteiger partial charge in [0.1, 0.15) is 0 Å². The van der Waals surface area contributed by atoms with Crippen LogP contribution in [0.2, 0.25) is 0 Å². The van der Waals surface area contributed by atoms with E-state index < -0.39 is 19.7 Å². The third-order valence-electron chi connectivity index (χ3n) is 3.10. The molecule has 2 atom stereocenters. The van der Waals surface area contributed by atoms with E-state index in [-0.39, 0.29) is 17.5 Å². The van der Waals surface area contributed by atoms with Crippen LogP contribution in [-0.4, -0.2) is 29.8 Å². The molecule has 7 heteroatoms. The summed E-state index contributed by atoms with van der Waals surface area (Å²) in [5, 5.41) is 3.15. The summed E-state index contributed by atoms with van der Waals surface area (Å²) in [5.74, 6) is 0.281. The summed E-state index contributed by atoms with van der Waals surface area (Å²) >= 11 is 18.0. The van der Waals surface area contributed by atoms with Gasteiger partial charge in [0.15, 0.2) is 9.84 Å². The molecule has 106 valence electrons. The van der Waals surface area contributed by atoms with E-state index in [0.717, 1.165) is 5.56 Å². The van der Waals surface area contributed by atoms with Crippen LogP contribution in [0.5, 0.6) is 0 Å². The molecule has 1 saturated heterocycles. The first-order valence-corrected chi connectivity index (χ1v) is 8.81. The molecule has 1 N–H and O–H groups in total. The van der Waals surface area contributed by atoms with Crippen LogP contribution in [0, 0.1) is 0 Å². The number of benzene rings is 1. The zero-order chi connectivity index (χ0) is 14.1. The van der Waals surface area contributed by atoms with Gasteiger partial charge in [-0.2, -0.15) is 0 Å². The van der Waals surface area contributed by atoms with Crippen molar-refractivity contribution in [1.82, 2.24) is 5.32 Å². The van der Waals surface area contributed by atoms with Gasteiger partial charge in [-0.3, -0.25) is 0 Å². The maximum Gasteiger partial charge on any atom is 0.209 e. The Bertz CT molecular complexity index is 528. The summed E-state index contributed by atoms with van der Waals surface area (Å²) in [4.78, 5) is 0. The zero-order valence-corrected chi connectivity index (χ0v) is 13.1. The van der Waals surface area contributed by atoms with Gasteiger partial charge in [0.05, 0.1) is 17.5 Å². The molecule has 0 bridgehead atoms. The first-order valence-electron chi connectivity index (χ1n) is 5.86. The van der Waals surface area contributed by atoms with E-state index in [1.165, 1.54) is 0 Å². The summed E-state index contributed by atoms with van der Waals surface area (Å²) in [6, 6.07) is 8.57. The number of hydrogen-bond acceptors (Lipinski definition) is 3. The summed E-state index contributed by atoms with van der Waals surface area (Å²) < 4.78 is 21.4. The van der Waals surface area contributed by atoms with E-state index >= 15 is 0 Å². The number of rotatable bonds is 3. The van der Waals surface area contributed by atoms with Crippen molar-refractivity contribution in [2.45, 2.75) is 22.3 Å². The Morgan fingerprint density at radius 2 is 1.84 bits per heavy atom. The highest BCUT2D eigenvalue weighted by molar-refractivity contribution is 7.91. The van der Waals surface area contributed by atoms with Crippen molar-refractivity contribution in [3.05, 3.63) is 35.9 Å². The molecule has 1 aliphatic heterocycles. The molecule has 2 rings (SSSR count). The van der Waals surface area contributed by atoms with Crippen LogP contribution in [0.3, 0.4) is 0 Å². The minimum atomic E-state index is -2.96. The van der Waals surface area contributed by atoms with Gasteiger partial charge in [0.2, 0.25) is 3.79 Å². The molecule has 3 nitrogen and oxygen atoms in total. The van der Waals surface area contributed by atoms with Crippen molar-refractivity contribution in [3.63, 3.8) is 0 Å². The maximum absolute atomic E-state index is 11.5. The van der Waals surface area contributed by atoms with Crippen LogP contribution >= 0.6 is 34.8 Å².